The summed E-state index contributed by atoms with van der Waals surface area (Å²) in [5, 5.41) is 3.32. The molecule has 0 radical (unpaired) electrons. The summed E-state index contributed by atoms with van der Waals surface area (Å²) in [6, 6.07) is 0.600. The normalized spacial score (nSPS) is 32.6. The second-order valence-corrected chi connectivity index (χ2v) is 7.41. The lowest BCUT2D eigenvalue weighted by atomic mass is 9.83. The maximum atomic E-state index is 12.3. The van der Waals surface area contributed by atoms with Crippen LogP contribution in [0.4, 0.5) is 0 Å². The zero-order valence-corrected chi connectivity index (χ0v) is 14.6. The lowest BCUT2D eigenvalue weighted by Crippen LogP contribution is -2.34. The smallest absolute Gasteiger partial charge is 0.309 e. The Balaban J connectivity index is 1.62. The first-order valence-corrected chi connectivity index (χ1v) is 9.60. The standard InChI is InChI=1S/C19H35NO2/c1-3-4-5-6-15-7-13-18(14-8-15)22-19(21)16-9-11-17(20-2)12-10-16/h15-18,20H,3-14H2,1-2H3. The molecule has 0 aromatic carbocycles. The van der Waals surface area contributed by atoms with Crippen LogP contribution >= 0.6 is 0 Å². The zero-order chi connectivity index (χ0) is 15.8. The van der Waals surface area contributed by atoms with E-state index in [1.165, 1.54) is 38.5 Å². The van der Waals surface area contributed by atoms with Gasteiger partial charge in [0.05, 0.1) is 5.92 Å². The molecule has 1 N–H and O–H groups in total. The van der Waals surface area contributed by atoms with Crippen molar-refractivity contribution in [1.82, 2.24) is 5.32 Å². The molecule has 2 aliphatic rings. The summed E-state index contributed by atoms with van der Waals surface area (Å²) in [7, 11) is 2.02. The lowest BCUT2D eigenvalue weighted by Gasteiger charge is -2.31. The van der Waals surface area contributed by atoms with Crippen LogP contribution in [0, 0.1) is 11.8 Å². The number of nitrogens with one attached hydrogen (secondary N) is 1. The van der Waals surface area contributed by atoms with Crippen LogP contribution < -0.4 is 5.32 Å². The molecule has 2 fully saturated rings. The predicted octanol–water partition coefficient (Wildman–Crippen LogP) is 4.45. The summed E-state index contributed by atoms with van der Waals surface area (Å²) in [5.74, 6) is 1.13. The summed E-state index contributed by atoms with van der Waals surface area (Å²) < 4.78 is 5.81. The second kappa shape index (κ2) is 9.54. The van der Waals surface area contributed by atoms with Crippen molar-refractivity contribution in [2.24, 2.45) is 11.8 Å². The third-order valence-corrected chi connectivity index (χ3v) is 5.76. The molecule has 0 aliphatic heterocycles. The summed E-state index contributed by atoms with van der Waals surface area (Å²) in [4.78, 5) is 12.3. The summed E-state index contributed by atoms with van der Waals surface area (Å²) in [5.41, 5.74) is 0. The van der Waals surface area contributed by atoms with Gasteiger partial charge in [-0.1, -0.05) is 32.6 Å². The molecule has 3 heteroatoms. The lowest BCUT2D eigenvalue weighted by molar-refractivity contribution is -0.157. The molecule has 0 aromatic rings. The van der Waals surface area contributed by atoms with Gasteiger partial charge in [0.25, 0.3) is 0 Å². The Hall–Kier alpha value is -0.570. The third-order valence-electron chi connectivity index (χ3n) is 5.76. The fourth-order valence-corrected chi connectivity index (χ4v) is 4.10. The van der Waals surface area contributed by atoms with Gasteiger partial charge in [0, 0.05) is 6.04 Å². The van der Waals surface area contributed by atoms with Crippen LogP contribution in [0.5, 0.6) is 0 Å². The molecular weight excluding hydrogens is 274 g/mol. The van der Waals surface area contributed by atoms with Gasteiger partial charge in [-0.25, -0.2) is 0 Å². The van der Waals surface area contributed by atoms with Crippen LogP contribution in [0.1, 0.15) is 84.0 Å². The van der Waals surface area contributed by atoms with Crippen molar-refractivity contribution >= 4 is 5.97 Å². The number of unbranched alkanes of at least 4 members (excludes halogenated alkanes) is 2. The maximum absolute atomic E-state index is 12.3. The number of carbonyl (C=O) groups is 1. The molecule has 0 atom stereocenters. The predicted molar refractivity (Wildman–Crippen MR) is 90.8 cm³/mol. The number of esters is 1. The second-order valence-electron chi connectivity index (χ2n) is 7.41. The van der Waals surface area contributed by atoms with E-state index < -0.39 is 0 Å². The Kier molecular flexibility index (Phi) is 7.71. The zero-order valence-electron chi connectivity index (χ0n) is 14.6. The molecule has 0 amide bonds. The minimum Gasteiger partial charge on any atom is -0.462 e. The van der Waals surface area contributed by atoms with Crippen molar-refractivity contribution in [3.8, 4) is 0 Å². The average Bonchev–Trinajstić information content (AvgIpc) is 2.57. The Morgan fingerprint density at radius 2 is 1.68 bits per heavy atom. The van der Waals surface area contributed by atoms with Gasteiger partial charge in [-0.2, -0.15) is 0 Å². The number of hydrogen-bond donors (Lipinski definition) is 1. The first-order chi connectivity index (χ1) is 10.7. The van der Waals surface area contributed by atoms with Crippen LogP contribution in [0.3, 0.4) is 0 Å². The van der Waals surface area contributed by atoms with E-state index in [1.54, 1.807) is 0 Å². The molecule has 0 saturated heterocycles. The van der Waals surface area contributed by atoms with Crippen molar-refractivity contribution in [2.45, 2.75) is 96.1 Å². The van der Waals surface area contributed by atoms with Crippen LogP contribution in [0.15, 0.2) is 0 Å². The van der Waals surface area contributed by atoms with Crippen LogP contribution in [0.25, 0.3) is 0 Å². The van der Waals surface area contributed by atoms with Crippen molar-refractivity contribution in [1.29, 1.82) is 0 Å². The Morgan fingerprint density at radius 1 is 1.00 bits per heavy atom. The highest BCUT2D eigenvalue weighted by Gasteiger charge is 2.30. The molecule has 0 aromatic heterocycles. The third kappa shape index (κ3) is 5.57. The quantitative estimate of drug-likeness (QED) is 0.558. The molecule has 22 heavy (non-hydrogen) atoms. The van der Waals surface area contributed by atoms with Crippen LogP contribution in [-0.4, -0.2) is 25.2 Å². The highest BCUT2D eigenvalue weighted by atomic mass is 16.5. The maximum Gasteiger partial charge on any atom is 0.309 e. The first-order valence-electron chi connectivity index (χ1n) is 9.60. The van der Waals surface area contributed by atoms with E-state index >= 15 is 0 Å². The van der Waals surface area contributed by atoms with Gasteiger partial charge in [0.15, 0.2) is 0 Å². The molecule has 2 saturated carbocycles. The van der Waals surface area contributed by atoms with E-state index in [4.69, 9.17) is 4.74 Å². The van der Waals surface area contributed by atoms with E-state index in [-0.39, 0.29) is 18.0 Å². The van der Waals surface area contributed by atoms with Crippen molar-refractivity contribution in [3.63, 3.8) is 0 Å². The van der Waals surface area contributed by atoms with E-state index in [2.05, 4.69) is 12.2 Å². The molecule has 2 aliphatic carbocycles. The van der Waals surface area contributed by atoms with Gasteiger partial charge in [-0.3, -0.25) is 4.79 Å². The molecule has 0 unspecified atom stereocenters. The molecule has 2 rings (SSSR count). The van der Waals surface area contributed by atoms with Gasteiger partial charge in [0.1, 0.15) is 6.10 Å². The van der Waals surface area contributed by atoms with Gasteiger partial charge in [-0.15, -0.1) is 0 Å². The van der Waals surface area contributed by atoms with Crippen LogP contribution in [0.2, 0.25) is 0 Å². The molecule has 3 nitrogen and oxygen atoms in total. The summed E-state index contributed by atoms with van der Waals surface area (Å²) >= 11 is 0. The number of carbonyl (C=O) groups excluding carboxylic acids is 1. The Bertz CT molecular complexity index is 315. The van der Waals surface area contributed by atoms with Gasteiger partial charge in [0.2, 0.25) is 0 Å². The summed E-state index contributed by atoms with van der Waals surface area (Å²) in [6.45, 7) is 2.26. The number of ether oxygens (including phenoxy) is 1. The van der Waals surface area contributed by atoms with Crippen molar-refractivity contribution in [2.75, 3.05) is 7.05 Å². The van der Waals surface area contributed by atoms with Gasteiger partial charge < -0.3 is 10.1 Å². The Labute approximate surface area is 136 Å². The molecular formula is C19H35NO2. The Morgan fingerprint density at radius 3 is 2.27 bits per heavy atom. The largest absolute Gasteiger partial charge is 0.462 e. The minimum atomic E-state index is 0.0870. The topological polar surface area (TPSA) is 38.3 Å². The SMILES string of the molecule is CCCCCC1CCC(OC(=O)C2CCC(NC)CC2)CC1. The first kappa shape index (κ1) is 17.8. The molecule has 0 spiro atoms. The minimum absolute atomic E-state index is 0.0870. The van der Waals surface area contributed by atoms with Gasteiger partial charge in [-0.05, 0) is 64.3 Å². The van der Waals surface area contributed by atoms with E-state index in [0.717, 1.165) is 44.4 Å². The van der Waals surface area contributed by atoms with E-state index in [9.17, 15) is 4.79 Å². The van der Waals surface area contributed by atoms with E-state index in [0.29, 0.717) is 6.04 Å². The summed E-state index contributed by atoms with van der Waals surface area (Å²) in [6.07, 6.45) is 14.5. The van der Waals surface area contributed by atoms with Crippen molar-refractivity contribution in [3.05, 3.63) is 0 Å². The number of hydrogen-bond acceptors (Lipinski definition) is 3. The monoisotopic (exact) mass is 309 g/mol. The number of rotatable bonds is 7. The van der Waals surface area contributed by atoms with Crippen LogP contribution in [-0.2, 0) is 9.53 Å². The molecule has 128 valence electrons. The van der Waals surface area contributed by atoms with Gasteiger partial charge >= 0.3 is 5.97 Å². The average molecular weight is 309 g/mol. The van der Waals surface area contributed by atoms with E-state index in [1.807, 2.05) is 7.05 Å². The highest BCUT2D eigenvalue weighted by Crippen LogP contribution is 2.32. The molecule has 0 heterocycles. The van der Waals surface area contributed by atoms with Crippen molar-refractivity contribution < 1.29 is 9.53 Å². The fourth-order valence-electron chi connectivity index (χ4n) is 4.10. The highest BCUT2D eigenvalue weighted by molar-refractivity contribution is 5.72. The fraction of sp³-hybridized carbons (Fsp3) is 0.947. The molecule has 0 bridgehead atoms.